The molecule has 5 nitrogen and oxygen atoms in total. The van der Waals surface area contributed by atoms with Crippen LogP contribution >= 0.6 is 22.7 Å². The van der Waals surface area contributed by atoms with Crippen molar-refractivity contribution in [3.8, 4) is 0 Å². The van der Waals surface area contributed by atoms with Crippen molar-refractivity contribution < 1.29 is 13.2 Å². The van der Waals surface area contributed by atoms with Crippen LogP contribution in [0.2, 0.25) is 0 Å². The zero-order chi connectivity index (χ0) is 20.7. The van der Waals surface area contributed by atoms with Gasteiger partial charge in [0, 0.05) is 33.6 Å². The first kappa shape index (κ1) is 19.7. The fourth-order valence-corrected chi connectivity index (χ4v) is 7.78. The Morgan fingerprint density at radius 3 is 2.53 bits per heavy atom. The summed E-state index contributed by atoms with van der Waals surface area (Å²) in [5.41, 5.74) is 0.486. The summed E-state index contributed by atoms with van der Waals surface area (Å²) < 4.78 is 30.8. The number of benzene rings is 2. The Labute approximate surface area is 183 Å². The number of fused-ring (bicyclic) bond motifs is 3. The maximum absolute atomic E-state index is 12.9. The number of rotatable bonds is 4. The van der Waals surface area contributed by atoms with E-state index in [1.54, 1.807) is 35.6 Å². The number of nitrogens with zero attached hydrogens (tertiary/aromatic N) is 1. The maximum Gasteiger partial charge on any atom is 0.265 e. The molecule has 0 bridgehead atoms. The number of piperidine rings is 1. The first-order valence-corrected chi connectivity index (χ1v) is 12.9. The van der Waals surface area contributed by atoms with Gasteiger partial charge in [-0.3, -0.25) is 4.79 Å². The van der Waals surface area contributed by atoms with Crippen molar-refractivity contribution in [2.45, 2.75) is 24.2 Å². The van der Waals surface area contributed by atoms with Crippen molar-refractivity contribution in [3.63, 3.8) is 0 Å². The molecule has 5 rings (SSSR count). The summed E-state index contributed by atoms with van der Waals surface area (Å²) in [4.78, 5) is 13.7. The van der Waals surface area contributed by atoms with E-state index in [4.69, 9.17) is 0 Å². The third kappa shape index (κ3) is 3.54. The highest BCUT2D eigenvalue weighted by Gasteiger charge is 2.26. The lowest BCUT2D eigenvalue weighted by Crippen LogP contribution is -2.35. The third-order valence-electron chi connectivity index (χ3n) is 5.32. The molecule has 30 heavy (non-hydrogen) atoms. The Bertz CT molecular complexity index is 1350. The van der Waals surface area contributed by atoms with Crippen LogP contribution in [0.3, 0.4) is 0 Å². The lowest BCUT2D eigenvalue weighted by atomic mass is 10.2. The summed E-state index contributed by atoms with van der Waals surface area (Å²) in [5, 5.41) is 4.03. The van der Waals surface area contributed by atoms with Gasteiger partial charge in [-0.1, -0.05) is 30.7 Å². The van der Waals surface area contributed by atoms with Crippen molar-refractivity contribution in [1.82, 2.24) is 4.31 Å². The molecule has 8 heteroatoms. The second-order valence-corrected chi connectivity index (χ2v) is 11.4. The molecule has 1 N–H and O–H groups in total. The molecule has 4 aromatic rings. The first-order valence-electron chi connectivity index (χ1n) is 9.85. The Morgan fingerprint density at radius 2 is 1.70 bits per heavy atom. The van der Waals surface area contributed by atoms with Crippen molar-refractivity contribution >= 4 is 63.8 Å². The van der Waals surface area contributed by atoms with Crippen LogP contribution in [0, 0.1) is 0 Å². The normalized spacial score (nSPS) is 15.6. The molecular weight excluding hydrogens is 436 g/mol. The highest BCUT2D eigenvalue weighted by molar-refractivity contribution is 7.89. The van der Waals surface area contributed by atoms with Gasteiger partial charge in [-0.05, 0) is 43.2 Å². The van der Waals surface area contributed by atoms with Crippen LogP contribution in [0.15, 0.2) is 59.5 Å². The average Bonchev–Trinajstić information content (AvgIpc) is 3.33. The van der Waals surface area contributed by atoms with Gasteiger partial charge in [0.1, 0.15) is 0 Å². The van der Waals surface area contributed by atoms with E-state index in [1.807, 2.05) is 18.2 Å². The van der Waals surface area contributed by atoms with Gasteiger partial charge in [0.25, 0.3) is 5.91 Å². The standard InChI is InChI=1S/C22H20N2O3S3/c25-22(20-14-19-21(29-20)17-9-2-3-10-18(17)28-19)23-15-7-6-8-16(13-15)30(26,27)24-11-4-1-5-12-24/h2-3,6-10,13-14H,1,4-5,11-12H2,(H,23,25). The zero-order valence-electron chi connectivity index (χ0n) is 16.1. The van der Waals surface area contributed by atoms with E-state index in [-0.39, 0.29) is 10.8 Å². The van der Waals surface area contributed by atoms with Crippen molar-refractivity contribution in [2.75, 3.05) is 18.4 Å². The molecule has 2 aromatic carbocycles. The molecule has 0 aliphatic carbocycles. The quantitative estimate of drug-likeness (QED) is 0.438. The van der Waals surface area contributed by atoms with Gasteiger partial charge in [0.15, 0.2) is 0 Å². The summed E-state index contributed by atoms with van der Waals surface area (Å²) in [6.45, 7) is 1.11. The van der Waals surface area contributed by atoms with Gasteiger partial charge in [-0.15, -0.1) is 22.7 Å². The van der Waals surface area contributed by atoms with E-state index < -0.39 is 10.0 Å². The van der Waals surface area contributed by atoms with Crippen molar-refractivity contribution in [3.05, 3.63) is 59.5 Å². The van der Waals surface area contributed by atoms with E-state index in [0.29, 0.717) is 23.7 Å². The third-order valence-corrected chi connectivity index (χ3v) is 9.63. The van der Waals surface area contributed by atoms with Gasteiger partial charge in [-0.2, -0.15) is 4.31 Å². The number of carbonyl (C=O) groups is 1. The van der Waals surface area contributed by atoms with Crippen LogP contribution in [0.1, 0.15) is 28.9 Å². The Balaban J connectivity index is 1.40. The number of carbonyl (C=O) groups excluding carboxylic acids is 1. The van der Waals surface area contributed by atoms with Crippen LogP contribution in [-0.2, 0) is 10.0 Å². The molecule has 1 fully saturated rings. The predicted octanol–water partition coefficient (Wildman–Crippen LogP) is 5.54. The van der Waals surface area contributed by atoms with Crippen LogP contribution in [0.25, 0.3) is 19.5 Å². The van der Waals surface area contributed by atoms with Gasteiger partial charge in [-0.25, -0.2) is 8.42 Å². The molecule has 1 saturated heterocycles. The highest BCUT2D eigenvalue weighted by atomic mass is 32.2. The molecule has 1 amide bonds. The van der Waals surface area contributed by atoms with Crippen LogP contribution < -0.4 is 5.32 Å². The zero-order valence-corrected chi connectivity index (χ0v) is 18.6. The molecule has 0 unspecified atom stereocenters. The Hall–Kier alpha value is -2.26. The maximum atomic E-state index is 12.9. The SMILES string of the molecule is O=C(Nc1cccc(S(=O)(=O)N2CCCCC2)c1)c1cc2sc3ccccc3c2s1. The molecule has 0 saturated carbocycles. The Morgan fingerprint density at radius 1 is 0.900 bits per heavy atom. The van der Waals surface area contributed by atoms with E-state index in [1.165, 1.54) is 20.3 Å². The second kappa shape index (κ2) is 7.77. The van der Waals surface area contributed by atoms with E-state index >= 15 is 0 Å². The molecule has 1 aliphatic heterocycles. The molecule has 0 spiro atoms. The van der Waals surface area contributed by atoms with Gasteiger partial charge in [0.05, 0.1) is 14.5 Å². The minimum absolute atomic E-state index is 0.222. The van der Waals surface area contributed by atoms with E-state index in [0.717, 1.165) is 34.0 Å². The van der Waals surface area contributed by atoms with Crippen LogP contribution in [0.4, 0.5) is 5.69 Å². The molecule has 3 heterocycles. The number of sulfonamides is 1. The fourth-order valence-electron chi connectivity index (χ4n) is 3.79. The summed E-state index contributed by atoms with van der Waals surface area (Å²) in [7, 11) is -3.53. The molecule has 1 aliphatic rings. The van der Waals surface area contributed by atoms with Gasteiger partial charge < -0.3 is 5.32 Å². The predicted molar refractivity (Wildman–Crippen MR) is 124 cm³/mol. The molecule has 2 aromatic heterocycles. The number of hydrogen-bond acceptors (Lipinski definition) is 5. The van der Waals surface area contributed by atoms with Crippen molar-refractivity contribution in [2.24, 2.45) is 0 Å². The largest absolute Gasteiger partial charge is 0.321 e. The van der Waals surface area contributed by atoms with Crippen molar-refractivity contribution in [1.29, 1.82) is 0 Å². The number of nitrogens with one attached hydrogen (secondary N) is 1. The number of hydrogen-bond donors (Lipinski definition) is 1. The van der Waals surface area contributed by atoms with E-state index in [9.17, 15) is 13.2 Å². The van der Waals surface area contributed by atoms with Gasteiger partial charge >= 0.3 is 0 Å². The number of anilines is 1. The summed E-state index contributed by atoms with van der Waals surface area (Å²) in [6.07, 6.45) is 2.84. The van der Waals surface area contributed by atoms with Crippen LogP contribution in [-0.4, -0.2) is 31.7 Å². The lowest BCUT2D eigenvalue weighted by molar-refractivity contribution is 0.103. The summed E-state index contributed by atoms with van der Waals surface area (Å²) in [6, 6.07) is 16.6. The lowest BCUT2D eigenvalue weighted by Gasteiger charge is -2.26. The molecule has 0 radical (unpaired) electrons. The first-order chi connectivity index (χ1) is 14.5. The molecular formula is C22H20N2O3S3. The second-order valence-electron chi connectivity index (χ2n) is 7.35. The summed E-state index contributed by atoms with van der Waals surface area (Å²) in [5.74, 6) is -0.222. The minimum Gasteiger partial charge on any atom is -0.321 e. The smallest absolute Gasteiger partial charge is 0.265 e. The number of amides is 1. The van der Waals surface area contributed by atoms with E-state index in [2.05, 4.69) is 17.4 Å². The average molecular weight is 457 g/mol. The highest BCUT2D eigenvalue weighted by Crippen LogP contribution is 2.39. The summed E-state index contributed by atoms with van der Waals surface area (Å²) >= 11 is 3.14. The number of thiophene rings is 2. The Kier molecular flexibility index (Phi) is 5.10. The molecule has 154 valence electrons. The topological polar surface area (TPSA) is 66.5 Å². The minimum atomic E-state index is -3.53. The monoisotopic (exact) mass is 456 g/mol. The van der Waals surface area contributed by atoms with Crippen LogP contribution in [0.5, 0.6) is 0 Å². The molecule has 0 atom stereocenters. The van der Waals surface area contributed by atoms with Gasteiger partial charge in [0.2, 0.25) is 10.0 Å². The fraction of sp³-hybridized carbons (Fsp3) is 0.227.